The third-order valence-electron chi connectivity index (χ3n) is 1.62. The Morgan fingerprint density at radius 2 is 2.33 bits per heavy atom. The van der Waals surface area contributed by atoms with Crippen molar-refractivity contribution in [3.05, 3.63) is 0 Å². The van der Waals surface area contributed by atoms with Crippen molar-refractivity contribution in [2.75, 3.05) is 0 Å². The SMILES string of the molecule is CCCCC(N)(NC=O)C(=O)O. The van der Waals surface area contributed by atoms with Crippen molar-refractivity contribution in [1.82, 2.24) is 5.32 Å². The molecule has 0 aromatic rings. The van der Waals surface area contributed by atoms with Gasteiger partial charge in [-0.3, -0.25) is 10.5 Å². The Kier molecular flexibility index (Phi) is 4.28. The molecule has 0 rings (SSSR count). The zero-order valence-electron chi connectivity index (χ0n) is 7.04. The number of carbonyl (C=O) groups is 2. The van der Waals surface area contributed by atoms with Gasteiger partial charge < -0.3 is 10.4 Å². The molecule has 0 saturated carbocycles. The van der Waals surface area contributed by atoms with Gasteiger partial charge in [0.1, 0.15) is 0 Å². The molecular formula is C7H14N2O3. The number of carboxylic acid groups (broad SMARTS) is 1. The smallest absolute Gasteiger partial charge is 0.344 e. The molecule has 0 bridgehead atoms. The van der Waals surface area contributed by atoms with Crippen LogP contribution in [0.5, 0.6) is 0 Å². The minimum Gasteiger partial charge on any atom is -0.478 e. The Hall–Kier alpha value is -1.10. The number of amides is 1. The van der Waals surface area contributed by atoms with Crippen molar-refractivity contribution in [1.29, 1.82) is 0 Å². The van der Waals surface area contributed by atoms with Gasteiger partial charge in [-0.15, -0.1) is 0 Å². The Balaban J connectivity index is 4.17. The van der Waals surface area contributed by atoms with Gasteiger partial charge in [0.2, 0.25) is 6.41 Å². The Bertz CT molecular complexity index is 172. The molecule has 1 amide bonds. The minimum absolute atomic E-state index is 0.248. The van der Waals surface area contributed by atoms with Gasteiger partial charge in [-0.2, -0.15) is 0 Å². The zero-order valence-corrected chi connectivity index (χ0v) is 7.04. The lowest BCUT2D eigenvalue weighted by Crippen LogP contribution is -2.59. The molecule has 5 heteroatoms. The van der Waals surface area contributed by atoms with E-state index >= 15 is 0 Å². The van der Waals surface area contributed by atoms with Crippen molar-refractivity contribution in [3.8, 4) is 0 Å². The molecule has 0 heterocycles. The largest absolute Gasteiger partial charge is 0.478 e. The molecular weight excluding hydrogens is 160 g/mol. The number of carboxylic acids is 1. The summed E-state index contributed by atoms with van der Waals surface area (Å²) in [6, 6.07) is 0. The molecule has 12 heavy (non-hydrogen) atoms. The van der Waals surface area contributed by atoms with E-state index in [1.165, 1.54) is 0 Å². The van der Waals surface area contributed by atoms with E-state index in [4.69, 9.17) is 10.8 Å². The van der Waals surface area contributed by atoms with Gasteiger partial charge in [-0.05, 0) is 12.8 Å². The first kappa shape index (κ1) is 10.9. The van der Waals surface area contributed by atoms with Crippen LogP contribution in [0.1, 0.15) is 26.2 Å². The first-order valence-electron chi connectivity index (χ1n) is 3.80. The molecule has 0 aliphatic carbocycles. The van der Waals surface area contributed by atoms with Crippen LogP contribution in [0.25, 0.3) is 0 Å². The number of aliphatic carboxylic acids is 1. The summed E-state index contributed by atoms with van der Waals surface area (Å²) in [7, 11) is 0. The second kappa shape index (κ2) is 4.71. The fourth-order valence-corrected chi connectivity index (χ4v) is 0.802. The fraction of sp³-hybridized carbons (Fsp3) is 0.714. The minimum atomic E-state index is -1.60. The van der Waals surface area contributed by atoms with E-state index < -0.39 is 11.6 Å². The summed E-state index contributed by atoms with van der Waals surface area (Å²) in [6.07, 6.45) is 2.07. The molecule has 0 fully saturated rings. The average Bonchev–Trinajstić information content (AvgIpc) is 2.01. The normalized spacial score (nSPS) is 14.8. The molecule has 4 N–H and O–H groups in total. The predicted molar refractivity (Wildman–Crippen MR) is 43.3 cm³/mol. The summed E-state index contributed by atoms with van der Waals surface area (Å²) >= 11 is 0. The van der Waals surface area contributed by atoms with Crippen LogP contribution >= 0.6 is 0 Å². The third kappa shape index (κ3) is 2.87. The molecule has 0 aliphatic rings. The molecule has 0 aromatic carbocycles. The van der Waals surface area contributed by atoms with Crippen LogP contribution in [0.2, 0.25) is 0 Å². The maximum absolute atomic E-state index is 10.6. The number of nitrogens with two attached hydrogens (primary N) is 1. The van der Waals surface area contributed by atoms with E-state index in [9.17, 15) is 9.59 Å². The molecule has 0 aromatic heterocycles. The summed E-state index contributed by atoms with van der Waals surface area (Å²) in [5.41, 5.74) is 3.80. The monoisotopic (exact) mass is 174 g/mol. The number of nitrogens with one attached hydrogen (secondary N) is 1. The molecule has 70 valence electrons. The van der Waals surface area contributed by atoms with Gasteiger partial charge in [-0.25, -0.2) is 4.79 Å². The number of hydrogen-bond acceptors (Lipinski definition) is 3. The van der Waals surface area contributed by atoms with E-state index in [0.717, 1.165) is 6.42 Å². The quantitative estimate of drug-likeness (QED) is 0.379. The van der Waals surface area contributed by atoms with Crippen LogP contribution in [0.15, 0.2) is 0 Å². The van der Waals surface area contributed by atoms with Crippen molar-refractivity contribution in [3.63, 3.8) is 0 Å². The number of carbonyl (C=O) groups excluding carboxylic acids is 1. The first-order chi connectivity index (χ1) is 5.56. The van der Waals surface area contributed by atoms with Crippen molar-refractivity contribution in [2.45, 2.75) is 31.8 Å². The van der Waals surface area contributed by atoms with Crippen LogP contribution < -0.4 is 11.1 Å². The van der Waals surface area contributed by atoms with Gasteiger partial charge in [0.05, 0.1) is 0 Å². The van der Waals surface area contributed by atoms with E-state index in [-0.39, 0.29) is 6.42 Å². The van der Waals surface area contributed by atoms with E-state index in [2.05, 4.69) is 5.32 Å². The fourth-order valence-electron chi connectivity index (χ4n) is 0.802. The number of hydrogen-bond donors (Lipinski definition) is 3. The van der Waals surface area contributed by atoms with Gasteiger partial charge in [0.25, 0.3) is 0 Å². The zero-order chi connectivity index (χ0) is 9.61. The summed E-state index contributed by atoms with van der Waals surface area (Å²) in [5.74, 6) is -1.21. The lowest BCUT2D eigenvalue weighted by molar-refractivity contribution is -0.146. The van der Waals surface area contributed by atoms with Crippen LogP contribution in [0, 0.1) is 0 Å². The van der Waals surface area contributed by atoms with Gasteiger partial charge in [0, 0.05) is 0 Å². The predicted octanol–water partition coefficient (Wildman–Crippen LogP) is -0.338. The Labute approximate surface area is 70.9 Å². The van der Waals surface area contributed by atoms with Crippen LogP contribution in [-0.4, -0.2) is 23.1 Å². The van der Waals surface area contributed by atoms with Crippen molar-refractivity contribution < 1.29 is 14.7 Å². The lowest BCUT2D eigenvalue weighted by Gasteiger charge is -2.23. The second-order valence-electron chi connectivity index (χ2n) is 2.64. The molecule has 0 aliphatic heterocycles. The topological polar surface area (TPSA) is 92.4 Å². The third-order valence-corrected chi connectivity index (χ3v) is 1.62. The highest BCUT2D eigenvalue weighted by molar-refractivity contribution is 5.80. The van der Waals surface area contributed by atoms with Crippen LogP contribution in [0.4, 0.5) is 0 Å². The Morgan fingerprint density at radius 1 is 1.75 bits per heavy atom. The number of rotatable bonds is 6. The van der Waals surface area contributed by atoms with E-state index in [1.807, 2.05) is 6.92 Å². The molecule has 0 spiro atoms. The Morgan fingerprint density at radius 3 is 2.67 bits per heavy atom. The second-order valence-corrected chi connectivity index (χ2v) is 2.64. The summed E-state index contributed by atoms with van der Waals surface area (Å²) in [6.45, 7) is 1.92. The van der Waals surface area contributed by atoms with E-state index in [1.54, 1.807) is 0 Å². The average molecular weight is 174 g/mol. The molecule has 1 unspecified atom stereocenters. The van der Waals surface area contributed by atoms with Gasteiger partial charge in [-0.1, -0.05) is 13.3 Å². The maximum atomic E-state index is 10.6. The maximum Gasteiger partial charge on any atom is 0.344 e. The molecule has 5 nitrogen and oxygen atoms in total. The van der Waals surface area contributed by atoms with E-state index in [0.29, 0.717) is 12.8 Å². The first-order valence-corrected chi connectivity index (χ1v) is 3.80. The molecule has 1 atom stereocenters. The highest BCUT2D eigenvalue weighted by Gasteiger charge is 2.32. The summed E-state index contributed by atoms with van der Waals surface area (Å²) in [4.78, 5) is 20.6. The number of unbranched alkanes of at least 4 members (excludes halogenated alkanes) is 1. The summed E-state index contributed by atoms with van der Waals surface area (Å²) in [5, 5.41) is 10.7. The van der Waals surface area contributed by atoms with Crippen molar-refractivity contribution in [2.24, 2.45) is 5.73 Å². The van der Waals surface area contributed by atoms with Crippen LogP contribution in [0.3, 0.4) is 0 Å². The standard InChI is InChI=1S/C7H14N2O3/c1-2-3-4-7(8,6(11)12)9-5-10/h5H,2-4,8H2,1H3,(H,9,10)(H,11,12). The van der Waals surface area contributed by atoms with Crippen molar-refractivity contribution >= 4 is 12.4 Å². The highest BCUT2D eigenvalue weighted by atomic mass is 16.4. The highest BCUT2D eigenvalue weighted by Crippen LogP contribution is 2.07. The lowest BCUT2D eigenvalue weighted by atomic mass is 10.0. The van der Waals surface area contributed by atoms with Gasteiger partial charge >= 0.3 is 5.97 Å². The van der Waals surface area contributed by atoms with Gasteiger partial charge in [0.15, 0.2) is 5.66 Å². The van der Waals surface area contributed by atoms with Crippen LogP contribution in [-0.2, 0) is 9.59 Å². The summed E-state index contributed by atoms with van der Waals surface area (Å²) < 4.78 is 0. The molecule has 0 radical (unpaired) electrons. The molecule has 0 saturated heterocycles.